The first-order valence-electron chi connectivity index (χ1n) is 13.0. The summed E-state index contributed by atoms with van der Waals surface area (Å²) in [6, 6.07) is 3.97. The van der Waals surface area contributed by atoms with Crippen LogP contribution in [0.2, 0.25) is 0 Å². The van der Waals surface area contributed by atoms with Gasteiger partial charge in [-0.2, -0.15) is 0 Å². The van der Waals surface area contributed by atoms with E-state index < -0.39 is 11.5 Å². The monoisotopic (exact) mass is 471 g/mol. The van der Waals surface area contributed by atoms with Crippen molar-refractivity contribution in [3.63, 3.8) is 0 Å². The highest BCUT2D eigenvalue weighted by atomic mass is 16.6. The molecule has 6 nitrogen and oxygen atoms in total. The third kappa shape index (κ3) is 7.14. The summed E-state index contributed by atoms with van der Waals surface area (Å²) in [5.41, 5.74) is 6.13. The third-order valence-corrected chi connectivity index (χ3v) is 7.24. The molecule has 1 aromatic rings. The van der Waals surface area contributed by atoms with E-state index in [-0.39, 0.29) is 41.1 Å². The van der Waals surface area contributed by atoms with E-state index in [1.807, 2.05) is 20.8 Å². The SMILES string of the molecule is CC(C)(C)C(N)C(=O)c1ccc(OC(=O)C2CCCCCC2)c(OC(=O)C2CCCCCC2)c1. The maximum absolute atomic E-state index is 13.0. The Labute approximate surface area is 204 Å². The maximum Gasteiger partial charge on any atom is 0.314 e. The summed E-state index contributed by atoms with van der Waals surface area (Å²) in [7, 11) is 0. The fraction of sp³-hybridized carbons (Fsp3) is 0.679. The number of Topliss-reactive ketones (excluding diaryl/α,β-unsaturated/α-hetero) is 1. The summed E-state index contributed by atoms with van der Waals surface area (Å²) in [4.78, 5) is 38.9. The molecule has 2 aliphatic rings. The minimum absolute atomic E-state index is 0.128. The smallest absolute Gasteiger partial charge is 0.314 e. The molecule has 2 aliphatic carbocycles. The van der Waals surface area contributed by atoms with Gasteiger partial charge in [0, 0.05) is 5.56 Å². The zero-order valence-electron chi connectivity index (χ0n) is 21.1. The molecule has 34 heavy (non-hydrogen) atoms. The van der Waals surface area contributed by atoms with Crippen molar-refractivity contribution in [1.82, 2.24) is 0 Å². The van der Waals surface area contributed by atoms with E-state index in [1.54, 1.807) is 12.1 Å². The van der Waals surface area contributed by atoms with Crippen LogP contribution in [0.25, 0.3) is 0 Å². The number of ketones is 1. The van der Waals surface area contributed by atoms with Crippen molar-refractivity contribution in [2.45, 2.75) is 104 Å². The quantitative estimate of drug-likeness (QED) is 0.237. The Hall–Kier alpha value is -2.21. The van der Waals surface area contributed by atoms with Crippen molar-refractivity contribution >= 4 is 17.7 Å². The summed E-state index contributed by atoms with van der Waals surface area (Å²) in [6.45, 7) is 5.72. The summed E-state index contributed by atoms with van der Waals surface area (Å²) in [6.07, 6.45) is 11.8. The highest BCUT2D eigenvalue weighted by molar-refractivity contribution is 6.01. The standard InChI is InChI=1S/C28H41NO5/c1-28(2,3)25(29)24(30)21-16-17-22(33-26(31)19-12-8-4-5-9-13-19)23(18-21)34-27(32)20-14-10-6-7-11-15-20/h16-20,25H,4-15,29H2,1-3H3. The Kier molecular flexibility index (Phi) is 9.29. The molecule has 0 radical (unpaired) electrons. The van der Waals surface area contributed by atoms with Gasteiger partial charge < -0.3 is 15.2 Å². The Bertz CT molecular complexity index is 856. The van der Waals surface area contributed by atoms with Gasteiger partial charge in [0.15, 0.2) is 17.3 Å². The minimum Gasteiger partial charge on any atom is -0.422 e. The summed E-state index contributed by atoms with van der Waals surface area (Å²) >= 11 is 0. The predicted molar refractivity (Wildman–Crippen MR) is 132 cm³/mol. The van der Waals surface area contributed by atoms with Crippen LogP contribution in [0, 0.1) is 17.3 Å². The number of esters is 2. The second-order valence-electron chi connectivity index (χ2n) is 11.1. The molecule has 2 saturated carbocycles. The van der Waals surface area contributed by atoms with Crippen LogP contribution in [0.1, 0.15) is 108 Å². The van der Waals surface area contributed by atoms with Gasteiger partial charge >= 0.3 is 11.9 Å². The molecule has 2 N–H and O–H groups in total. The number of carbonyl (C=O) groups excluding carboxylic acids is 3. The molecule has 1 aromatic carbocycles. The lowest BCUT2D eigenvalue weighted by molar-refractivity contribution is -0.142. The van der Waals surface area contributed by atoms with Crippen molar-refractivity contribution in [2.24, 2.45) is 23.0 Å². The molecule has 0 aromatic heterocycles. The van der Waals surface area contributed by atoms with E-state index in [2.05, 4.69) is 0 Å². The number of hydrogen-bond acceptors (Lipinski definition) is 6. The predicted octanol–water partition coefficient (Wildman–Crippen LogP) is 5.99. The second kappa shape index (κ2) is 12.0. The van der Waals surface area contributed by atoms with Gasteiger partial charge in [0.25, 0.3) is 0 Å². The van der Waals surface area contributed by atoms with Crippen LogP contribution >= 0.6 is 0 Å². The van der Waals surface area contributed by atoms with Crippen molar-refractivity contribution in [3.05, 3.63) is 23.8 Å². The molecule has 0 bridgehead atoms. The lowest BCUT2D eigenvalue weighted by Gasteiger charge is -2.26. The number of ether oxygens (including phenoxy) is 2. The molecule has 3 rings (SSSR count). The summed E-state index contributed by atoms with van der Waals surface area (Å²) in [5.74, 6) is -0.855. The van der Waals surface area contributed by atoms with Gasteiger partial charge in [-0.1, -0.05) is 72.1 Å². The van der Waals surface area contributed by atoms with Crippen LogP contribution in [0.3, 0.4) is 0 Å². The van der Waals surface area contributed by atoms with Crippen LogP contribution in [0.4, 0.5) is 0 Å². The van der Waals surface area contributed by atoms with Gasteiger partial charge in [0.2, 0.25) is 0 Å². The molecule has 1 atom stereocenters. The fourth-order valence-corrected chi connectivity index (χ4v) is 4.81. The maximum atomic E-state index is 13.0. The molecule has 188 valence electrons. The first-order valence-corrected chi connectivity index (χ1v) is 13.0. The lowest BCUT2D eigenvalue weighted by Crippen LogP contribution is -2.42. The average molecular weight is 472 g/mol. The third-order valence-electron chi connectivity index (χ3n) is 7.24. The van der Waals surface area contributed by atoms with Gasteiger partial charge in [-0.3, -0.25) is 14.4 Å². The van der Waals surface area contributed by atoms with Crippen LogP contribution in [0.5, 0.6) is 11.5 Å². The van der Waals surface area contributed by atoms with Crippen LogP contribution in [0.15, 0.2) is 18.2 Å². The number of rotatable bonds is 6. The Morgan fingerprint density at radius 3 is 1.65 bits per heavy atom. The van der Waals surface area contributed by atoms with E-state index >= 15 is 0 Å². The van der Waals surface area contributed by atoms with Crippen LogP contribution in [-0.2, 0) is 9.59 Å². The largest absolute Gasteiger partial charge is 0.422 e. The molecule has 1 unspecified atom stereocenters. The molecule has 6 heteroatoms. The van der Waals surface area contributed by atoms with E-state index in [0.29, 0.717) is 5.56 Å². The summed E-state index contributed by atoms with van der Waals surface area (Å²) in [5, 5.41) is 0. The zero-order valence-corrected chi connectivity index (χ0v) is 21.1. The first kappa shape index (κ1) is 26.4. The highest BCUT2D eigenvalue weighted by Crippen LogP contribution is 2.34. The minimum atomic E-state index is -0.711. The zero-order chi connectivity index (χ0) is 24.7. The van der Waals surface area contributed by atoms with Gasteiger partial charge in [-0.15, -0.1) is 0 Å². The number of hydrogen-bond donors (Lipinski definition) is 1. The average Bonchev–Trinajstić information content (AvgIpc) is 3.24. The molecule has 0 amide bonds. The van der Waals surface area contributed by atoms with Crippen molar-refractivity contribution in [2.75, 3.05) is 0 Å². The Morgan fingerprint density at radius 2 is 1.21 bits per heavy atom. The van der Waals surface area contributed by atoms with Crippen LogP contribution in [-0.4, -0.2) is 23.8 Å². The summed E-state index contributed by atoms with van der Waals surface area (Å²) < 4.78 is 11.6. The van der Waals surface area contributed by atoms with Gasteiger partial charge in [-0.05, 0) is 49.3 Å². The van der Waals surface area contributed by atoms with E-state index in [9.17, 15) is 14.4 Å². The van der Waals surface area contributed by atoms with Crippen LogP contribution < -0.4 is 15.2 Å². The molecule has 0 aliphatic heterocycles. The second-order valence-corrected chi connectivity index (χ2v) is 11.1. The molecule has 0 spiro atoms. The number of carbonyl (C=O) groups is 3. The lowest BCUT2D eigenvalue weighted by atomic mass is 9.83. The van der Waals surface area contributed by atoms with E-state index in [4.69, 9.17) is 15.2 Å². The number of nitrogens with two attached hydrogens (primary N) is 1. The van der Waals surface area contributed by atoms with Crippen molar-refractivity contribution in [3.8, 4) is 11.5 Å². The van der Waals surface area contributed by atoms with Gasteiger partial charge in [0.1, 0.15) is 0 Å². The van der Waals surface area contributed by atoms with E-state index in [0.717, 1.165) is 77.0 Å². The molecule has 0 heterocycles. The van der Waals surface area contributed by atoms with Crippen molar-refractivity contribution < 1.29 is 23.9 Å². The van der Waals surface area contributed by atoms with Gasteiger partial charge in [-0.25, -0.2) is 0 Å². The molecular weight excluding hydrogens is 430 g/mol. The normalized spacial score (nSPS) is 19.5. The first-order chi connectivity index (χ1) is 16.2. The fourth-order valence-electron chi connectivity index (χ4n) is 4.81. The number of benzene rings is 1. The Morgan fingerprint density at radius 1 is 0.765 bits per heavy atom. The molecule has 2 fully saturated rings. The molecular formula is C28H41NO5. The Balaban J connectivity index is 1.85. The topological polar surface area (TPSA) is 95.7 Å². The van der Waals surface area contributed by atoms with Crippen molar-refractivity contribution in [1.29, 1.82) is 0 Å². The van der Waals surface area contributed by atoms with Gasteiger partial charge in [0.05, 0.1) is 17.9 Å². The highest BCUT2D eigenvalue weighted by Gasteiger charge is 2.30. The molecule has 0 saturated heterocycles. The van der Waals surface area contributed by atoms with E-state index in [1.165, 1.54) is 6.07 Å².